The summed E-state index contributed by atoms with van der Waals surface area (Å²) in [6.45, 7) is 18.5. The van der Waals surface area contributed by atoms with Crippen LogP contribution in [0.3, 0.4) is 0 Å². The van der Waals surface area contributed by atoms with Crippen LogP contribution in [-0.2, 0) is 14.5 Å². The first-order valence-corrected chi connectivity index (χ1v) is 13.4. The van der Waals surface area contributed by atoms with Crippen LogP contribution in [0.2, 0.25) is 0 Å². The molecule has 0 amide bonds. The number of benzene rings is 1. The van der Waals surface area contributed by atoms with Gasteiger partial charge in [0.05, 0.1) is 17.3 Å². The molecule has 0 aliphatic carbocycles. The Labute approximate surface area is 179 Å². The molecule has 5 nitrogen and oxygen atoms in total. The summed E-state index contributed by atoms with van der Waals surface area (Å²) >= 11 is 0. The van der Waals surface area contributed by atoms with Crippen molar-refractivity contribution < 1.29 is 17.8 Å². The second-order valence-corrected chi connectivity index (χ2v) is 12.1. The van der Waals surface area contributed by atoms with Crippen LogP contribution in [0, 0.1) is 5.92 Å². The molecule has 2 N–H and O–H groups in total. The van der Waals surface area contributed by atoms with E-state index in [1.165, 1.54) is 0 Å². The molecule has 168 valence electrons. The van der Waals surface area contributed by atoms with Crippen LogP contribution in [-0.4, -0.2) is 25.7 Å². The maximum absolute atomic E-state index is 13.6. The van der Waals surface area contributed by atoms with Crippen LogP contribution >= 0.6 is 8.38 Å². The fourth-order valence-corrected chi connectivity index (χ4v) is 6.90. The first-order valence-electron chi connectivity index (χ1n) is 10.6. The van der Waals surface area contributed by atoms with E-state index in [9.17, 15) is 13.3 Å². The Morgan fingerprint density at radius 1 is 0.966 bits per heavy atom. The summed E-state index contributed by atoms with van der Waals surface area (Å²) in [5.41, 5.74) is 2.80. The van der Waals surface area contributed by atoms with Crippen LogP contribution in [0.1, 0.15) is 103 Å². The van der Waals surface area contributed by atoms with Gasteiger partial charge in [0, 0.05) is 0 Å². The number of hydrogen-bond donors (Lipinski definition) is 2. The van der Waals surface area contributed by atoms with Crippen LogP contribution in [0.4, 0.5) is 0 Å². The molecule has 0 heterocycles. The first kappa shape index (κ1) is 26.5. The van der Waals surface area contributed by atoms with E-state index in [-0.39, 0.29) is 17.8 Å². The topological polar surface area (TPSA) is 75.6 Å². The van der Waals surface area contributed by atoms with Gasteiger partial charge >= 0.3 is 0 Å². The van der Waals surface area contributed by atoms with Crippen LogP contribution in [0.5, 0.6) is 0 Å². The van der Waals surface area contributed by atoms with Crippen LogP contribution in [0.15, 0.2) is 17.0 Å². The zero-order valence-electron chi connectivity index (χ0n) is 19.5. The molecule has 0 fully saturated rings. The van der Waals surface area contributed by atoms with Gasteiger partial charge in [0.2, 0.25) is 10.0 Å². The van der Waals surface area contributed by atoms with E-state index in [2.05, 4.69) is 18.6 Å². The van der Waals surface area contributed by atoms with Gasteiger partial charge in [-0.25, -0.2) is 8.42 Å². The third-order valence-corrected chi connectivity index (χ3v) is 8.04. The van der Waals surface area contributed by atoms with Crippen molar-refractivity contribution in [3.63, 3.8) is 0 Å². The third-order valence-electron chi connectivity index (χ3n) is 4.86. The van der Waals surface area contributed by atoms with Gasteiger partial charge in [-0.2, -0.15) is 4.72 Å². The van der Waals surface area contributed by atoms with Crippen molar-refractivity contribution >= 4 is 18.4 Å². The highest BCUT2D eigenvalue weighted by atomic mass is 32.2. The van der Waals surface area contributed by atoms with Crippen molar-refractivity contribution in [2.45, 2.75) is 97.2 Å². The Kier molecular flexibility index (Phi) is 10.2. The van der Waals surface area contributed by atoms with E-state index < -0.39 is 24.2 Å². The molecule has 0 bridgehead atoms. The van der Waals surface area contributed by atoms with E-state index >= 15 is 0 Å². The highest BCUT2D eigenvalue weighted by Crippen LogP contribution is 2.41. The van der Waals surface area contributed by atoms with Gasteiger partial charge < -0.3 is 9.42 Å². The molecule has 1 rings (SSSR count). The van der Waals surface area contributed by atoms with Crippen LogP contribution in [0.25, 0.3) is 0 Å². The molecule has 0 aromatic heterocycles. The Bertz CT molecular complexity index is 731. The minimum Gasteiger partial charge on any atom is -0.349 e. The summed E-state index contributed by atoms with van der Waals surface area (Å²) in [4.78, 5) is 10.8. The summed E-state index contributed by atoms with van der Waals surface area (Å²) < 4.78 is 35.4. The number of sulfonamides is 1. The highest BCUT2D eigenvalue weighted by molar-refractivity contribution is 7.90. The largest absolute Gasteiger partial charge is 0.349 e. The van der Waals surface area contributed by atoms with Crippen molar-refractivity contribution in [1.82, 2.24) is 4.72 Å². The van der Waals surface area contributed by atoms with E-state index in [0.29, 0.717) is 23.8 Å². The van der Waals surface area contributed by atoms with Gasteiger partial charge in [0.1, 0.15) is 0 Å². The summed E-state index contributed by atoms with van der Waals surface area (Å²) in [5.74, 6) is 0.0110. The molecule has 2 atom stereocenters. The second-order valence-electron chi connectivity index (χ2n) is 8.98. The standard InChI is InChI=1S/C22H40NO4PS/c1-10-27-28(24)21(11-14(2)3)23-29(25,26)22-19(16(6)7)12-18(15(4)5)13-20(22)17(8)9/h12-17,21,23-24H,10-11H2,1-9H3/t21-,28-/m1/s1. The molecule has 1 aromatic carbocycles. The van der Waals surface area contributed by atoms with Gasteiger partial charge in [-0.3, -0.25) is 0 Å². The maximum atomic E-state index is 13.6. The quantitative estimate of drug-likeness (QED) is 0.407. The molecule has 0 saturated carbocycles. The van der Waals surface area contributed by atoms with Crippen molar-refractivity contribution in [2.75, 3.05) is 6.61 Å². The molecule has 29 heavy (non-hydrogen) atoms. The zero-order valence-corrected chi connectivity index (χ0v) is 21.2. The average molecular weight is 446 g/mol. The molecule has 0 aliphatic heterocycles. The van der Waals surface area contributed by atoms with Crippen molar-refractivity contribution in [1.29, 1.82) is 0 Å². The van der Waals surface area contributed by atoms with E-state index in [1.54, 1.807) is 6.92 Å². The summed E-state index contributed by atoms with van der Waals surface area (Å²) in [6.07, 6.45) is 0.513. The Morgan fingerprint density at radius 3 is 1.79 bits per heavy atom. The number of hydrogen-bond acceptors (Lipinski definition) is 4. The fourth-order valence-electron chi connectivity index (χ4n) is 3.29. The lowest BCUT2D eigenvalue weighted by Crippen LogP contribution is -2.36. The third kappa shape index (κ3) is 7.29. The Balaban J connectivity index is 3.58. The fraction of sp³-hybridized carbons (Fsp3) is 0.727. The molecule has 0 radical (unpaired) electrons. The van der Waals surface area contributed by atoms with Crippen molar-refractivity contribution in [3.05, 3.63) is 28.8 Å². The van der Waals surface area contributed by atoms with E-state index in [0.717, 1.165) is 16.7 Å². The number of nitrogens with one attached hydrogen (secondary N) is 1. The average Bonchev–Trinajstić information content (AvgIpc) is 2.59. The molecule has 7 heteroatoms. The normalized spacial score (nSPS) is 15.0. The lowest BCUT2D eigenvalue weighted by molar-refractivity contribution is 0.313. The molecule has 0 aliphatic rings. The predicted octanol–water partition coefficient (Wildman–Crippen LogP) is 6.05. The smallest absolute Gasteiger partial charge is 0.241 e. The minimum absolute atomic E-state index is 0.0591. The van der Waals surface area contributed by atoms with E-state index in [4.69, 9.17) is 4.52 Å². The zero-order chi connectivity index (χ0) is 22.5. The van der Waals surface area contributed by atoms with Gasteiger partial charge in [0.15, 0.2) is 8.38 Å². The molecule has 0 saturated heterocycles. The first-order chi connectivity index (χ1) is 13.3. The molecular formula is C22H40NO4PS. The summed E-state index contributed by atoms with van der Waals surface area (Å²) in [5, 5.41) is 0. The molecule has 0 spiro atoms. The summed E-state index contributed by atoms with van der Waals surface area (Å²) in [6, 6.07) is 4.05. The minimum atomic E-state index is -3.84. The summed E-state index contributed by atoms with van der Waals surface area (Å²) in [7, 11) is -5.72. The molecule has 1 aromatic rings. The monoisotopic (exact) mass is 445 g/mol. The van der Waals surface area contributed by atoms with Crippen molar-refractivity contribution in [3.8, 4) is 0 Å². The van der Waals surface area contributed by atoms with Gasteiger partial charge in [0.25, 0.3) is 0 Å². The Morgan fingerprint density at radius 2 is 1.45 bits per heavy atom. The van der Waals surface area contributed by atoms with E-state index in [1.807, 2.05) is 53.7 Å². The molecular weight excluding hydrogens is 405 g/mol. The Hall–Kier alpha value is -0.520. The molecule has 0 unspecified atom stereocenters. The van der Waals surface area contributed by atoms with Gasteiger partial charge in [-0.05, 0) is 53.7 Å². The van der Waals surface area contributed by atoms with Gasteiger partial charge in [-0.15, -0.1) is 0 Å². The lowest BCUT2D eigenvalue weighted by atomic mass is 9.89. The maximum Gasteiger partial charge on any atom is 0.241 e. The highest BCUT2D eigenvalue weighted by Gasteiger charge is 2.32. The predicted molar refractivity (Wildman–Crippen MR) is 123 cm³/mol. The second kappa shape index (κ2) is 11.2. The lowest BCUT2D eigenvalue weighted by Gasteiger charge is -2.27. The SMILES string of the molecule is CCO[P@@](O)[C@H](CC(C)C)NS(=O)(=O)c1c(C(C)C)cc(C(C)C)cc1C(C)C. The van der Waals surface area contributed by atoms with Crippen molar-refractivity contribution in [2.24, 2.45) is 5.92 Å². The van der Waals surface area contributed by atoms with Crippen LogP contribution < -0.4 is 4.72 Å². The number of rotatable bonds is 11. The van der Waals surface area contributed by atoms with Gasteiger partial charge in [-0.1, -0.05) is 67.5 Å².